The number of methoxy groups -OCH3 is 1. The first-order valence-electron chi connectivity index (χ1n) is 10.1. The molecule has 33 heavy (non-hydrogen) atoms. The number of halogens is 4. The molecular weight excluding hydrogens is 465 g/mol. The average Bonchev–Trinajstić information content (AvgIpc) is 2.75. The number of ketones is 1. The van der Waals surface area contributed by atoms with Crippen LogP contribution in [0.1, 0.15) is 46.5 Å². The van der Waals surface area contributed by atoms with Gasteiger partial charge in [0.05, 0.1) is 23.3 Å². The largest absolute Gasteiger partial charge is 0.416 e. The van der Waals surface area contributed by atoms with Crippen LogP contribution in [0.5, 0.6) is 0 Å². The molecular formula is C23H24ClF3O6. The molecule has 0 bridgehead atoms. The van der Waals surface area contributed by atoms with Gasteiger partial charge in [0, 0.05) is 18.2 Å². The van der Waals surface area contributed by atoms with Crippen molar-refractivity contribution in [2.45, 2.75) is 56.6 Å². The van der Waals surface area contributed by atoms with Crippen LogP contribution in [0.15, 0.2) is 36.4 Å². The molecule has 0 saturated carbocycles. The summed E-state index contributed by atoms with van der Waals surface area (Å²) in [6, 6.07) is 6.53. The summed E-state index contributed by atoms with van der Waals surface area (Å²) in [4.78, 5) is 13.1. The minimum Gasteiger partial charge on any atom is -0.388 e. The normalized spacial score (nSPS) is 28.1. The molecule has 0 aromatic heterocycles. The molecule has 1 aliphatic heterocycles. The van der Waals surface area contributed by atoms with Crippen molar-refractivity contribution in [3.8, 4) is 0 Å². The molecule has 1 saturated heterocycles. The van der Waals surface area contributed by atoms with Gasteiger partial charge in [0.25, 0.3) is 0 Å². The minimum atomic E-state index is -4.54. The Morgan fingerprint density at radius 1 is 1.15 bits per heavy atom. The van der Waals surface area contributed by atoms with Crippen molar-refractivity contribution in [1.82, 2.24) is 0 Å². The summed E-state index contributed by atoms with van der Waals surface area (Å²) >= 11 is 6.34. The standard InChI is InChI=1S/C23H24ClF3O6/c1-11-18(28)20(30)21(31)22(2,33-11)16-9-15(17(24)8-13(16)10-32-3)19(29)12-4-6-14(7-5-12)23(25,26)27/h4-9,11,18,20-21,28,30-31H,10H2,1-3H3/t11-,18-,20+,21-,22+/m1/s1. The summed E-state index contributed by atoms with van der Waals surface area (Å²) in [5.74, 6) is -0.638. The Morgan fingerprint density at radius 2 is 1.76 bits per heavy atom. The molecule has 0 aliphatic carbocycles. The summed E-state index contributed by atoms with van der Waals surface area (Å²) < 4.78 is 49.7. The molecule has 1 heterocycles. The Hall–Kier alpha value is -2.01. The summed E-state index contributed by atoms with van der Waals surface area (Å²) in [5.41, 5.74) is -1.75. The van der Waals surface area contributed by atoms with Gasteiger partial charge in [-0.15, -0.1) is 0 Å². The highest BCUT2D eigenvalue weighted by molar-refractivity contribution is 6.35. The molecule has 3 rings (SSSR count). The van der Waals surface area contributed by atoms with Gasteiger partial charge in [0.1, 0.15) is 23.9 Å². The second-order valence-electron chi connectivity index (χ2n) is 8.18. The van der Waals surface area contributed by atoms with Crippen molar-refractivity contribution in [3.63, 3.8) is 0 Å². The zero-order valence-corrected chi connectivity index (χ0v) is 18.8. The highest BCUT2D eigenvalue weighted by Crippen LogP contribution is 2.41. The quantitative estimate of drug-likeness (QED) is 0.558. The number of ether oxygens (including phenoxy) is 2. The van der Waals surface area contributed by atoms with Crippen LogP contribution in [0.3, 0.4) is 0 Å². The molecule has 0 spiro atoms. The van der Waals surface area contributed by atoms with Crippen LogP contribution in [0.4, 0.5) is 13.2 Å². The number of alkyl halides is 3. The Kier molecular flexibility index (Phi) is 7.24. The first-order valence-corrected chi connectivity index (χ1v) is 10.4. The Labute approximate surface area is 193 Å². The number of hydrogen-bond donors (Lipinski definition) is 3. The Balaban J connectivity index is 2.10. The average molecular weight is 489 g/mol. The van der Waals surface area contributed by atoms with Gasteiger partial charge < -0.3 is 24.8 Å². The second kappa shape index (κ2) is 9.32. The molecule has 6 nitrogen and oxygen atoms in total. The van der Waals surface area contributed by atoms with E-state index in [-0.39, 0.29) is 28.3 Å². The molecule has 3 N–H and O–H groups in total. The molecule has 5 atom stereocenters. The lowest BCUT2D eigenvalue weighted by atomic mass is 9.78. The van der Waals surface area contributed by atoms with Crippen molar-refractivity contribution in [3.05, 3.63) is 69.2 Å². The molecule has 1 fully saturated rings. The van der Waals surface area contributed by atoms with Gasteiger partial charge >= 0.3 is 6.18 Å². The lowest BCUT2D eigenvalue weighted by Crippen LogP contribution is -2.61. The third-order valence-electron chi connectivity index (χ3n) is 5.90. The highest BCUT2D eigenvalue weighted by atomic mass is 35.5. The fourth-order valence-electron chi connectivity index (χ4n) is 4.03. The van der Waals surface area contributed by atoms with Gasteiger partial charge in [-0.2, -0.15) is 13.2 Å². The van der Waals surface area contributed by atoms with Crippen molar-refractivity contribution in [2.24, 2.45) is 0 Å². The molecule has 2 aromatic carbocycles. The maximum Gasteiger partial charge on any atom is 0.416 e. The Morgan fingerprint density at radius 3 is 2.30 bits per heavy atom. The summed E-state index contributed by atoms with van der Waals surface area (Å²) in [7, 11) is 1.43. The molecule has 180 valence electrons. The number of carbonyl (C=O) groups excluding carboxylic acids is 1. The van der Waals surface area contributed by atoms with E-state index in [1.807, 2.05) is 0 Å². The van der Waals surface area contributed by atoms with Gasteiger partial charge in [-0.25, -0.2) is 0 Å². The van der Waals surface area contributed by atoms with Crippen LogP contribution in [-0.4, -0.2) is 52.6 Å². The van der Waals surface area contributed by atoms with Crippen molar-refractivity contribution >= 4 is 17.4 Å². The van der Waals surface area contributed by atoms with E-state index in [4.69, 9.17) is 21.1 Å². The fraction of sp³-hybridized carbons (Fsp3) is 0.435. The summed E-state index contributed by atoms with van der Waals surface area (Å²) in [6.45, 7) is 3.05. The SMILES string of the molecule is COCc1cc(Cl)c(C(=O)c2ccc(C(F)(F)F)cc2)cc1[C@]1(C)O[C@H](C)[C@@H](O)[C@H](O)[C@H]1O. The molecule has 0 amide bonds. The maximum atomic E-state index is 13.1. The third-order valence-corrected chi connectivity index (χ3v) is 6.21. The monoisotopic (exact) mass is 488 g/mol. The first-order chi connectivity index (χ1) is 15.3. The van der Waals surface area contributed by atoms with Crippen LogP contribution in [0, 0.1) is 0 Å². The molecule has 0 radical (unpaired) electrons. The lowest BCUT2D eigenvalue weighted by molar-refractivity contribution is -0.263. The van der Waals surface area contributed by atoms with E-state index < -0.39 is 47.5 Å². The molecule has 1 aliphatic rings. The lowest BCUT2D eigenvalue weighted by Gasteiger charge is -2.47. The van der Waals surface area contributed by atoms with Crippen molar-refractivity contribution < 1.29 is 42.8 Å². The number of aliphatic hydroxyl groups is 3. The van der Waals surface area contributed by atoms with Crippen LogP contribution in [0.2, 0.25) is 5.02 Å². The zero-order chi connectivity index (χ0) is 24.7. The highest BCUT2D eigenvalue weighted by Gasteiger charge is 2.51. The van der Waals surface area contributed by atoms with E-state index >= 15 is 0 Å². The van der Waals surface area contributed by atoms with E-state index in [9.17, 15) is 33.3 Å². The van der Waals surface area contributed by atoms with Gasteiger partial charge in [0.15, 0.2) is 5.78 Å². The van der Waals surface area contributed by atoms with Gasteiger partial charge in [-0.05, 0) is 49.2 Å². The van der Waals surface area contributed by atoms with E-state index in [0.717, 1.165) is 24.3 Å². The van der Waals surface area contributed by atoms with Crippen LogP contribution >= 0.6 is 11.6 Å². The smallest absolute Gasteiger partial charge is 0.388 e. The molecule has 0 unspecified atom stereocenters. The first kappa shape index (κ1) is 25.6. The van der Waals surface area contributed by atoms with Gasteiger partial charge in [0.2, 0.25) is 0 Å². The Bertz CT molecular complexity index is 1030. The number of hydrogen-bond acceptors (Lipinski definition) is 6. The van der Waals surface area contributed by atoms with E-state index in [1.54, 1.807) is 0 Å². The summed E-state index contributed by atoms with van der Waals surface area (Å²) in [5, 5.41) is 31.2. The molecule has 2 aromatic rings. The van der Waals surface area contributed by atoms with Crippen LogP contribution < -0.4 is 0 Å². The summed E-state index contributed by atoms with van der Waals surface area (Å²) in [6.07, 6.45) is -9.82. The number of aliphatic hydroxyl groups excluding tert-OH is 3. The number of carbonyl (C=O) groups is 1. The second-order valence-corrected chi connectivity index (χ2v) is 8.59. The fourth-order valence-corrected chi connectivity index (χ4v) is 4.30. The number of benzene rings is 2. The van der Waals surface area contributed by atoms with Gasteiger partial charge in [-0.1, -0.05) is 23.7 Å². The topological polar surface area (TPSA) is 96.2 Å². The number of rotatable bonds is 5. The van der Waals surface area contributed by atoms with Crippen LogP contribution in [0.25, 0.3) is 0 Å². The van der Waals surface area contributed by atoms with Crippen LogP contribution in [-0.2, 0) is 27.9 Å². The van der Waals surface area contributed by atoms with E-state index in [1.165, 1.54) is 33.1 Å². The van der Waals surface area contributed by atoms with Gasteiger partial charge in [-0.3, -0.25) is 4.79 Å². The minimum absolute atomic E-state index is 0.0190. The van der Waals surface area contributed by atoms with E-state index in [0.29, 0.717) is 5.56 Å². The predicted molar refractivity (Wildman–Crippen MR) is 113 cm³/mol. The van der Waals surface area contributed by atoms with Crippen molar-refractivity contribution in [2.75, 3.05) is 7.11 Å². The van der Waals surface area contributed by atoms with Crippen molar-refractivity contribution in [1.29, 1.82) is 0 Å². The van der Waals surface area contributed by atoms with E-state index in [2.05, 4.69) is 0 Å². The molecule has 10 heteroatoms. The maximum absolute atomic E-state index is 13.1. The zero-order valence-electron chi connectivity index (χ0n) is 18.1. The predicted octanol–water partition coefficient (Wildman–Crippen LogP) is 3.45. The third kappa shape index (κ3) is 4.80.